The first kappa shape index (κ1) is 25.7. The van der Waals surface area contributed by atoms with Crippen molar-refractivity contribution in [1.29, 1.82) is 0 Å². The second-order valence-electron chi connectivity index (χ2n) is 10.8. The Morgan fingerprint density at radius 3 is 2.37 bits per heavy atom. The zero-order valence-electron chi connectivity index (χ0n) is 21.2. The summed E-state index contributed by atoms with van der Waals surface area (Å²) in [7, 11) is 0. The van der Waals surface area contributed by atoms with Crippen molar-refractivity contribution >= 4 is 17.7 Å². The van der Waals surface area contributed by atoms with Gasteiger partial charge in [0.25, 0.3) is 0 Å². The molecular formula is C29H43N3O3. The Kier molecular flexibility index (Phi) is 9.61. The minimum Gasteiger partial charge on any atom is -0.352 e. The molecule has 1 heterocycles. The highest BCUT2D eigenvalue weighted by Crippen LogP contribution is 2.35. The molecule has 1 aliphatic heterocycles. The molecule has 6 nitrogen and oxygen atoms in total. The van der Waals surface area contributed by atoms with Crippen molar-refractivity contribution in [1.82, 2.24) is 15.5 Å². The van der Waals surface area contributed by atoms with E-state index >= 15 is 0 Å². The molecule has 2 N–H and O–H groups in total. The number of nitrogens with one attached hydrogen (secondary N) is 2. The highest BCUT2D eigenvalue weighted by molar-refractivity contribution is 5.88. The van der Waals surface area contributed by atoms with E-state index in [0.29, 0.717) is 31.2 Å². The molecule has 6 heteroatoms. The molecule has 2 aliphatic carbocycles. The maximum Gasteiger partial charge on any atom is 0.243 e. The van der Waals surface area contributed by atoms with E-state index in [0.717, 1.165) is 50.6 Å². The van der Waals surface area contributed by atoms with E-state index in [4.69, 9.17) is 0 Å². The van der Waals surface area contributed by atoms with Gasteiger partial charge >= 0.3 is 0 Å². The van der Waals surface area contributed by atoms with Crippen LogP contribution in [0.25, 0.3) is 0 Å². The van der Waals surface area contributed by atoms with Crippen molar-refractivity contribution in [3.63, 3.8) is 0 Å². The lowest BCUT2D eigenvalue weighted by molar-refractivity contribution is -0.137. The van der Waals surface area contributed by atoms with Crippen LogP contribution in [0, 0.1) is 5.92 Å². The molecule has 3 amide bonds. The number of carbonyl (C=O) groups is 3. The van der Waals surface area contributed by atoms with Crippen LogP contribution in [0.1, 0.15) is 95.5 Å². The maximum absolute atomic E-state index is 13.1. The third-order valence-corrected chi connectivity index (χ3v) is 8.24. The smallest absolute Gasteiger partial charge is 0.243 e. The molecule has 2 saturated carbocycles. The quantitative estimate of drug-likeness (QED) is 0.545. The van der Waals surface area contributed by atoms with E-state index < -0.39 is 6.04 Å². The van der Waals surface area contributed by atoms with E-state index in [-0.39, 0.29) is 30.2 Å². The van der Waals surface area contributed by atoms with Crippen molar-refractivity contribution in [2.24, 2.45) is 5.92 Å². The van der Waals surface area contributed by atoms with E-state index in [1.54, 1.807) is 0 Å². The van der Waals surface area contributed by atoms with E-state index in [1.807, 2.05) is 30.3 Å². The summed E-state index contributed by atoms with van der Waals surface area (Å²) in [5, 5.41) is 6.15. The molecule has 1 saturated heterocycles. The Balaban J connectivity index is 1.27. The average molecular weight is 482 g/mol. The number of nitrogens with zero attached hydrogens (tertiary/aromatic N) is 1. The zero-order valence-corrected chi connectivity index (χ0v) is 21.2. The lowest BCUT2D eigenvalue weighted by atomic mass is 9.78. The Morgan fingerprint density at radius 1 is 0.857 bits per heavy atom. The summed E-state index contributed by atoms with van der Waals surface area (Å²) in [5.74, 6) is 0.630. The van der Waals surface area contributed by atoms with Gasteiger partial charge in [0.2, 0.25) is 17.7 Å². The molecular weight excluding hydrogens is 438 g/mol. The highest BCUT2D eigenvalue weighted by atomic mass is 16.2. The van der Waals surface area contributed by atoms with Crippen LogP contribution in [-0.2, 0) is 20.8 Å². The topological polar surface area (TPSA) is 78.5 Å². The van der Waals surface area contributed by atoms with Crippen molar-refractivity contribution in [2.45, 2.75) is 114 Å². The summed E-state index contributed by atoms with van der Waals surface area (Å²) >= 11 is 0. The van der Waals surface area contributed by atoms with Crippen molar-refractivity contribution in [3.8, 4) is 0 Å². The van der Waals surface area contributed by atoms with Gasteiger partial charge < -0.3 is 15.5 Å². The van der Waals surface area contributed by atoms with Crippen molar-refractivity contribution in [3.05, 3.63) is 35.9 Å². The number of amides is 3. The average Bonchev–Trinajstić information content (AvgIpc) is 2.89. The largest absolute Gasteiger partial charge is 0.352 e. The number of piperidine rings is 1. The summed E-state index contributed by atoms with van der Waals surface area (Å²) in [6, 6.07) is 9.87. The minimum atomic E-state index is -0.590. The summed E-state index contributed by atoms with van der Waals surface area (Å²) in [5.41, 5.74) is 1.03. The van der Waals surface area contributed by atoms with Crippen LogP contribution in [0.4, 0.5) is 0 Å². The first-order valence-corrected chi connectivity index (χ1v) is 14.0. The Labute approximate surface area is 210 Å². The standard InChI is InChI=1S/C29H43N3O3/c33-27(18-9-19-28(34)32-20-10-14-23-13-7-8-17-26(23)32)31-25(21-22-11-3-1-4-12-22)29(35)30-24-15-5-2-6-16-24/h1,3-4,11-12,23-26H,2,5-10,13-21H2,(H,30,35)(H,31,33). The fourth-order valence-electron chi connectivity index (χ4n) is 6.35. The van der Waals surface area contributed by atoms with E-state index in [1.165, 1.54) is 32.1 Å². The van der Waals surface area contributed by atoms with Crippen molar-refractivity contribution in [2.75, 3.05) is 6.54 Å². The van der Waals surface area contributed by atoms with E-state index in [2.05, 4.69) is 15.5 Å². The van der Waals surface area contributed by atoms with Crippen LogP contribution in [0.2, 0.25) is 0 Å². The van der Waals surface area contributed by atoms with Crippen LogP contribution in [0.5, 0.6) is 0 Å². The molecule has 0 radical (unpaired) electrons. The summed E-state index contributed by atoms with van der Waals surface area (Å²) in [4.78, 5) is 41.0. The van der Waals surface area contributed by atoms with Gasteiger partial charge in [-0.15, -0.1) is 0 Å². The molecule has 35 heavy (non-hydrogen) atoms. The SMILES string of the molecule is O=C(CCCC(=O)N1CCCC2CCCCC21)NC(Cc1ccccc1)C(=O)NC1CCCCC1. The van der Waals surface area contributed by atoms with Crippen LogP contribution in [0.3, 0.4) is 0 Å². The molecule has 1 aromatic rings. The molecule has 0 spiro atoms. The monoisotopic (exact) mass is 481 g/mol. The second kappa shape index (κ2) is 13.1. The van der Waals surface area contributed by atoms with E-state index in [9.17, 15) is 14.4 Å². The number of hydrogen-bond acceptors (Lipinski definition) is 3. The maximum atomic E-state index is 13.1. The van der Waals surface area contributed by atoms with Gasteiger partial charge in [-0.2, -0.15) is 0 Å². The third-order valence-electron chi connectivity index (χ3n) is 8.24. The van der Waals surface area contributed by atoms with Gasteiger partial charge in [-0.1, -0.05) is 62.4 Å². The van der Waals surface area contributed by atoms with Gasteiger partial charge in [0.05, 0.1) is 0 Å². The summed E-state index contributed by atoms with van der Waals surface area (Å²) in [6.07, 6.45) is 14.5. The van der Waals surface area contributed by atoms with Gasteiger partial charge in [0.1, 0.15) is 6.04 Å². The lowest BCUT2D eigenvalue weighted by Crippen LogP contribution is -2.51. The number of benzene rings is 1. The van der Waals surface area contributed by atoms with Gasteiger partial charge in [-0.05, 0) is 56.4 Å². The molecule has 3 atom stereocenters. The molecule has 0 aromatic heterocycles. The minimum absolute atomic E-state index is 0.0955. The predicted octanol–water partition coefficient (Wildman–Crippen LogP) is 4.51. The van der Waals surface area contributed by atoms with Gasteiger partial charge in [0.15, 0.2) is 0 Å². The molecule has 3 fully saturated rings. The Morgan fingerprint density at radius 2 is 1.57 bits per heavy atom. The summed E-state index contributed by atoms with van der Waals surface area (Å²) in [6.45, 7) is 0.868. The molecule has 1 aromatic carbocycles. The van der Waals surface area contributed by atoms with Crippen LogP contribution >= 0.6 is 0 Å². The molecule has 0 bridgehead atoms. The Hall–Kier alpha value is -2.37. The molecule has 192 valence electrons. The van der Waals surface area contributed by atoms with Crippen LogP contribution in [-0.4, -0.2) is 47.3 Å². The number of hydrogen-bond donors (Lipinski definition) is 2. The summed E-state index contributed by atoms with van der Waals surface area (Å²) < 4.78 is 0. The fourth-order valence-corrected chi connectivity index (χ4v) is 6.35. The van der Waals surface area contributed by atoms with Crippen molar-refractivity contribution < 1.29 is 14.4 Å². The molecule has 4 rings (SSSR count). The second-order valence-corrected chi connectivity index (χ2v) is 10.8. The molecule has 3 unspecified atom stereocenters. The van der Waals surface area contributed by atoms with Gasteiger partial charge in [0, 0.05) is 37.9 Å². The first-order valence-electron chi connectivity index (χ1n) is 14.0. The third kappa shape index (κ3) is 7.55. The Bertz CT molecular complexity index is 835. The lowest BCUT2D eigenvalue weighted by Gasteiger charge is -2.44. The van der Waals surface area contributed by atoms with Crippen LogP contribution < -0.4 is 10.6 Å². The molecule has 3 aliphatic rings. The number of likely N-dealkylation sites (tertiary alicyclic amines) is 1. The zero-order chi connectivity index (χ0) is 24.5. The van der Waals surface area contributed by atoms with Gasteiger partial charge in [-0.25, -0.2) is 0 Å². The van der Waals surface area contributed by atoms with Crippen LogP contribution in [0.15, 0.2) is 30.3 Å². The number of rotatable bonds is 9. The number of fused-ring (bicyclic) bond motifs is 1. The van der Waals surface area contributed by atoms with Gasteiger partial charge in [-0.3, -0.25) is 14.4 Å². The number of carbonyl (C=O) groups excluding carboxylic acids is 3. The fraction of sp³-hybridized carbons (Fsp3) is 0.690. The first-order chi connectivity index (χ1) is 17.1. The predicted molar refractivity (Wildman–Crippen MR) is 138 cm³/mol. The highest BCUT2D eigenvalue weighted by Gasteiger charge is 2.35. The normalized spacial score (nSPS) is 23.7.